The van der Waals surface area contributed by atoms with Crippen molar-refractivity contribution in [3.05, 3.63) is 28.2 Å². The molecule has 1 aliphatic rings. The molecule has 0 spiro atoms. The standard InChI is InChI=1S/C11H14N4O2S/c12-10(18)8-3-1-2-6-15(8)11(17)7-4-5-9(16)14-13-7/h4-5,8H,1-3,6H2,(H2,12,18)(H,14,16). The van der Waals surface area contributed by atoms with E-state index in [0.29, 0.717) is 11.5 Å². The van der Waals surface area contributed by atoms with Crippen molar-refractivity contribution < 1.29 is 4.79 Å². The lowest BCUT2D eigenvalue weighted by Crippen LogP contribution is -2.50. The molecule has 1 unspecified atom stereocenters. The van der Waals surface area contributed by atoms with Crippen LogP contribution in [-0.4, -0.2) is 38.6 Å². The summed E-state index contributed by atoms with van der Waals surface area (Å²) in [6.07, 6.45) is 2.71. The van der Waals surface area contributed by atoms with Gasteiger partial charge in [-0.15, -0.1) is 0 Å². The third-order valence-electron chi connectivity index (χ3n) is 2.99. The Morgan fingerprint density at radius 3 is 2.89 bits per heavy atom. The molecule has 0 radical (unpaired) electrons. The fourth-order valence-corrected chi connectivity index (χ4v) is 2.33. The number of hydrogen-bond donors (Lipinski definition) is 2. The normalized spacial score (nSPS) is 19.6. The summed E-state index contributed by atoms with van der Waals surface area (Å²) in [6.45, 7) is 0.613. The molecule has 1 aromatic heterocycles. The molecule has 1 fully saturated rings. The van der Waals surface area contributed by atoms with Crippen molar-refractivity contribution in [2.75, 3.05) is 6.54 Å². The lowest BCUT2D eigenvalue weighted by molar-refractivity contribution is 0.0674. The second kappa shape index (κ2) is 5.26. The molecule has 1 saturated heterocycles. The third kappa shape index (κ3) is 2.56. The number of thiocarbonyl (C=S) groups is 1. The third-order valence-corrected chi connectivity index (χ3v) is 3.26. The molecule has 0 aromatic carbocycles. The number of hydrogen-bond acceptors (Lipinski definition) is 4. The summed E-state index contributed by atoms with van der Waals surface area (Å²) in [7, 11) is 0. The van der Waals surface area contributed by atoms with Crippen molar-refractivity contribution in [1.29, 1.82) is 0 Å². The van der Waals surface area contributed by atoms with E-state index in [1.165, 1.54) is 12.1 Å². The smallest absolute Gasteiger partial charge is 0.274 e. The Kier molecular flexibility index (Phi) is 3.71. The highest BCUT2D eigenvalue weighted by Gasteiger charge is 2.29. The fourth-order valence-electron chi connectivity index (χ4n) is 2.08. The summed E-state index contributed by atoms with van der Waals surface area (Å²) in [5.74, 6) is -0.247. The predicted octanol–water partition coefficient (Wildman–Crippen LogP) is 0.0507. The van der Waals surface area contributed by atoms with Crippen LogP contribution in [0.25, 0.3) is 0 Å². The average molecular weight is 266 g/mol. The first-order valence-electron chi connectivity index (χ1n) is 5.75. The van der Waals surface area contributed by atoms with Crippen LogP contribution in [0.4, 0.5) is 0 Å². The van der Waals surface area contributed by atoms with E-state index >= 15 is 0 Å². The monoisotopic (exact) mass is 266 g/mol. The van der Waals surface area contributed by atoms with Crippen LogP contribution >= 0.6 is 12.2 Å². The molecule has 1 amide bonds. The van der Waals surface area contributed by atoms with Gasteiger partial charge in [-0.25, -0.2) is 5.10 Å². The maximum absolute atomic E-state index is 12.3. The zero-order valence-corrected chi connectivity index (χ0v) is 10.6. The average Bonchev–Trinajstić information content (AvgIpc) is 2.39. The SMILES string of the molecule is NC(=S)C1CCCCN1C(=O)c1ccc(=O)[nH]n1. The van der Waals surface area contributed by atoms with E-state index in [1.807, 2.05) is 0 Å². The Morgan fingerprint density at radius 2 is 2.28 bits per heavy atom. The van der Waals surface area contributed by atoms with Crippen molar-refractivity contribution in [3.63, 3.8) is 0 Å². The zero-order chi connectivity index (χ0) is 13.1. The molecule has 96 valence electrons. The Hall–Kier alpha value is -1.76. The minimum atomic E-state index is -0.337. The maximum atomic E-state index is 12.3. The zero-order valence-electron chi connectivity index (χ0n) is 9.76. The van der Waals surface area contributed by atoms with Gasteiger partial charge < -0.3 is 10.6 Å². The van der Waals surface area contributed by atoms with E-state index in [2.05, 4.69) is 10.2 Å². The van der Waals surface area contributed by atoms with Gasteiger partial charge in [0.05, 0.1) is 11.0 Å². The molecule has 2 heterocycles. The summed E-state index contributed by atoms with van der Waals surface area (Å²) < 4.78 is 0. The Labute approximate surface area is 109 Å². The van der Waals surface area contributed by atoms with Gasteiger partial charge in [0.2, 0.25) is 0 Å². The molecule has 1 atom stereocenters. The molecule has 2 rings (SSSR count). The van der Waals surface area contributed by atoms with Gasteiger partial charge >= 0.3 is 0 Å². The molecule has 6 nitrogen and oxygen atoms in total. The van der Waals surface area contributed by atoms with Crippen molar-refractivity contribution >= 4 is 23.1 Å². The number of nitrogens with two attached hydrogens (primary N) is 1. The van der Waals surface area contributed by atoms with Crippen LogP contribution in [0.1, 0.15) is 29.8 Å². The van der Waals surface area contributed by atoms with Crippen molar-refractivity contribution in [2.24, 2.45) is 5.73 Å². The summed E-state index contributed by atoms with van der Waals surface area (Å²) in [6, 6.07) is 2.47. The molecule has 1 aromatic rings. The second-order valence-electron chi connectivity index (χ2n) is 4.22. The highest BCUT2D eigenvalue weighted by molar-refractivity contribution is 7.80. The van der Waals surface area contributed by atoms with Crippen molar-refractivity contribution in [1.82, 2.24) is 15.1 Å². The molecule has 18 heavy (non-hydrogen) atoms. The Morgan fingerprint density at radius 1 is 1.50 bits per heavy atom. The first kappa shape index (κ1) is 12.7. The Balaban J connectivity index is 2.23. The van der Waals surface area contributed by atoms with E-state index < -0.39 is 0 Å². The van der Waals surface area contributed by atoms with E-state index in [4.69, 9.17) is 18.0 Å². The van der Waals surface area contributed by atoms with Crippen LogP contribution in [0.3, 0.4) is 0 Å². The minimum absolute atomic E-state index is 0.206. The van der Waals surface area contributed by atoms with Crippen molar-refractivity contribution in [3.8, 4) is 0 Å². The lowest BCUT2D eigenvalue weighted by Gasteiger charge is -2.34. The largest absolute Gasteiger partial charge is 0.392 e. The number of carbonyl (C=O) groups is 1. The number of aromatic amines is 1. The van der Waals surface area contributed by atoms with E-state index in [-0.39, 0.29) is 23.2 Å². The minimum Gasteiger partial charge on any atom is -0.392 e. The van der Waals surface area contributed by atoms with Gasteiger partial charge in [0.25, 0.3) is 11.5 Å². The molecule has 3 N–H and O–H groups in total. The van der Waals surface area contributed by atoms with Crippen LogP contribution in [0.5, 0.6) is 0 Å². The summed E-state index contributed by atoms with van der Waals surface area (Å²) in [5, 5.41) is 5.98. The first-order chi connectivity index (χ1) is 8.59. The van der Waals surface area contributed by atoms with Gasteiger partial charge in [-0.2, -0.15) is 5.10 Å². The summed E-state index contributed by atoms with van der Waals surface area (Å²) in [5.41, 5.74) is 5.53. The fraction of sp³-hybridized carbons (Fsp3) is 0.455. The van der Waals surface area contributed by atoms with Gasteiger partial charge in [-0.3, -0.25) is 9.59 Å². The molecular formula is C11H14N4O2S. The first-order valence-corrected chi connectivity index (χ1v) is 6.16. The number of piperidine rings is 1. The number of nitrogens with zero attached hydrogens (tertiary/aromatic N) is 2. The number of rotatable bonds is 2. The number of carbonyl (C=O) groups excluding carboxylic acids is 1. The number of H-pyrrole nitrogens is 1. The van der Waals surface area contributed by atoms with Gasteiger partial charge in [0.15, 0.2) is 0 Å². The van der Waals surface area contributed by atoms with Crippen LogP contribution in [-0.2, 0) is 0 Å². The van der Waals surface area contributed by atoms with E-state index in [1.54, 1.807) is 4.90 Å². The Bertz CT molecular complexity index is 508. The summed E-state index contributed by atoms with van der Waals surface area (Å²) in [4.78, 5) is 25.1. The van der Waals surface area contributed by atoms with Crippen LogP contribution in [0.2, 0.25) is 0 Å². The molecule has 0 bridgehead atoms. The van der Waals surface area contributed by atoms with E-state index in [0.717, 1.165) is 19.3 Å². The van der Waals surface area contributed by atoms with Gasteiger partial charge in [-0.1, -0.05) is 12.2 Å². The van der Waals surface area contributed by atoms with Crippen LogP contribution in [0.15, 0.2) is 16.9 Å². The van der Waals surface area contributed by atoms with E-state index in [9.17, 15) is 9.59 Å². The molecular weight excluding hydrogens is 252 g/mol. The van der Waals surface area contributed by atoms with Gasteiger partial charge in [0.1, 0.15) is 5.69 Å². The molecule has 0 saturated carbocycles. The summed E-state index contributed by atoms with van der Waals surface area (Å²) >= 11 is 4.99. The number of nitrogens with one attached hydrogen (secondary N) is 1. The molecule has 1 aliphatic heterocycles. The molecule has 7 heteroatoms. The highest BCUT2D eigenvalue weighted by atomic mass is 32.1. The van der Waals surface area contributed by atoms with Crippen LogP contribution in [0, 0.1) is 0 Å². The number of likely N-dealkylation sites (tertiary alicyclic amines) is 1. The quantitative estimate of drug-likeness (QED) is 0.738. The lowest BCUT2D eigenvalue weighted by atomic mass is 10.0. The maximum Gasteiger partial charge on any atom is 0.274 e. The second-order valence-corrected chi connectivity index (χ2v) is 4.69. The predicted molar refractivity (Wildman–Crippen MR) is 70.3 cm³/mol. The highest BCUT2D eigenvalue weighted by Crippen LogP contribution is 2.19. The van der Waals surface area contributed by atoms with Crippen molar-refractivity contribution in [2.45, 2.75) is 25.3 Å². The number of amides is 1. The van der Waals surface area contributed by atoms with Gasteiger partial charge in [-0.05, 0) is 25.3 Å². The number of aromatic nitrogens is 2. The van der Waals surface area contributed by atoms with Gasteiger partial charge in [0, 0.05) is 12.6 Å². The molecule has 0 aliphatic carbocycles. The van der Waals surface area contributed by atoms with Crippen LogP contribution < -0.4 is 11.3 Å². The topological polar surface area (TPSA) is 92.1 Å².